The average Bonchev–Trinajstić information content (AvgIpc) is 3.94. The summed E-state index contributed by atoms with van der Waals surface area (Å²) in [5, 5.41) is 12.2. The van der Waals surface area contributed by atoms with E-state index in [1.165, 1.54) is 43.3 Å². The smallest absolute Gasteiger partial charge is 0.238 e. The quantitative estimate of drug-likeness (QED) is 0.156. The molecule has 14 aromatic rings. The number of hydrogen-bond donors (Lipinski definition) is 0. The van der Waals surface area contributed by atoms with Gasteiger partial charge in [-0.1, -0.05) is 206 Å². The normalized spacial score (nSPS) is 11.8. The van der Waals surface area contributed by atoms with Crippen LogP contribution in [-0.4, -0.2) is 24.1 Å². The van der Waals surface area contributed by atoms with Crippen molar-refractivity contribution in [1.82, 2.24) is 24.1 Å². The molecule has 0 amide bonds. The minimum Gasteiger partial charge on any atom is -0.307 e. The van der Waals surface area contributed by atoms with Crippen LogP contribution in [0.3, 0.4) is 0 Å². The van der Waals surface area contributed by atoms with Gasteiger partial charge in [-0.15, -0.1) is 0 Å². The van der Waals surface area contributed by atoms with Crippen molar-refractivity contribution in [3.63, 3.8) is 0 Å². The number of benzene rings is 11. The third kappa shape index (κ3) is 5.93. The van der Waals surface area contributed by atoms with E-state index >= 15 is 0 Å². The van der Waals surface area contributed by atoms with E-state index in [0.717, 1.165) is 71.7 Å². The van der Waals surface area contributed by atoms with Gasteiger partial charge in [0.1, 0.15) is 0 Å². The molecule has 5 nitrogen and oxygen atoms in total. The van der Waals surface area contributed by atoms with Crippen molar-refractivity contribution in [2.24, 2.45) is 0 Å². The van der Waals surface area contributed by atoms with Crippen molar-refractivity contribution in [3.05, 3.63) is 237 Å². The SMILES string of the molecule is c1ccc(-c2ccc(-c3nc(-c4ccccc4)nc(-n4c5ccccc5c5ccc6c7ccccc7n(-c7cccc(-c8ccc9c%10ccccc%10c%10ccccc%10c9c8)c7)c6c54)n3)cc2)cc1. The van der Waals surface area contributed by atoms with Gasteiger partial charge in [-0.05, 0) is 84.9 Å². The van der Waals surface area contributed by atoms with Crippen LogP contribution < -0.4 is 0 Å². The summed E-state index contributed by atoms with van der Waals surface area (Å²) in [6.45, 7) is 0. The van der Waals surface area contributed by atoms with Crippen molar-refractivity contribution in [3.8, 4) is 56.7 Å². The highest BCUT2D eigenvalue weighted by molar-refractivity contribution is 6.26. The Labute approximate surface area is 391 Å². The fraction of sp³-hybridized carbons (Fsp3) is 0. The molecule has 316 valence electrons. The molecule has 68 heavy (non-hydrogen) atoms. The third-order valence-electron chi connectivity index (χ3n) is 13.8. The Morgan fingerprint density at radius 2 is 0.632 bits per heavy atom. The number of rotatable bonds is 6. The molecule has 14 rings (SSSR count). The Kier molecular flexibility index (Phi) is 8.52. The van der Waals surface area contributed by atoms with Gasteiger partial charge in [0.25, 0.3) is 0 Å². The summed E-state index contributed by atoms with van der Waals surface area (Å²) in [6, 6.07) is 84.7. The number of nitrogens with zero attached hydrogens (tertiary/aromatic N) is 5. The molecule has 0 radical (unpaired) electrons. The molecule has 0 aliphatic heterocycles. The number of fused-ring (bicyclic) bond motifs is 13. The van der Waals surface area contributed by atoms with Gasteiger partial charge in [-0.2, -0.15) is 9.97 Å². The predicted molar refractivity (Wildman–Crippen MR) is 283 cm³/mol. The van der Waals surface area contributed by atoms with Crippen molar-refractivity contribution in [2.45, 2.75) is 0 Å². The van der Waals surface area contributed by atoms with E-state index in [-0.39, 0.29) is 0 Å². The van der Waals surface area contributed by atoms with Gasteiger partial charge >= 0.3 is 0 Å². The summed E-state index contributed by atoms with van der Waals surface area (Å²) in [4.78, 5) is 15.9. The van der Waals surface area contributed by atoms with Gasteiger partial charge in [-0.25, -0.2) is 4.98 Å². The summed E-state index contributed by atoms with van der Waals surface area (Å²) in [5.74, 6) is 1.78. The molecule has 0 aliphatic rings. The van der Waals surface area contributed by atoms with Gasteiger partial charge in [0.2, 0.25) is 5.95 Å². The van der Waals surface area contributed by atoms with E-state index in [9.17, 15) is 0 Å². The van der Waals surface area contributed by atoms with Gasteiger partial charge in [0.05, 0.1) is 22.1 Å². The molecule has 11 aromatic carbocycles. The first kappa shape index (κ1) is 38.1. The standard InChI is InChI=1S/C63H39N5/c1-3-16-40(17-4-1)41-30-32-43(33-31-41)62-64-61(42-18-5-2-6-19-42)65-63(66-62)68-58-29-14-12-27-53(58)55-37-36-54-52-26-11-13-28-57(52)67(59(54)60(55)68)46-21-15-20-44(38-46)45-34-35-51-49-24-8-7-22-47(49)48-23-9-10-25-50(48)56(51)39-45/h1-39H. The van der Waals surface area contributed by atoms with Crippen molar-refractivity contribution in [2.75, 3.05) is 0 Å². The lowest BCUT2D eigenvalue weighted by molar-refractivity contribution is 0.953. The topological polar surface area (TPSA) is 48.5 Å². The third-order valence-corrected chi connectivity index (χ3v) is 13.8. The van der Waals surface area contributed by atoms with Crippen LogP contribution in [0.1, 0.15) is 0 Å². The Morgan fingerprint density at radius 3 is 1.25 bits per heavy atom. The Bertz CT molecular complexity index is 4270. The maximum Gasteiger partial charge on any atom is 0.238 e. The minimum absolute atomic E-state index is 0.557. The summed E-state index contributed by atoms with van der Waals surface area (Å²) < 4.78 is 4.71. The van der Waals surface area contributed by atoms with E-state index in [0.29, 0.717) is 17.6 Å². The lowest BCUT2D eigenvalue weighted by Crippen LogP contribution is -2.07. The fourth-order valence-corrected chi connectivity index (χ4v) is 10.6. The van der Waals surface area contributed by atoms with Gasteiger partial charge in [-0.3, -0.25) is 4.57 Å². The first-order valence-electron chi connectivity index (χ1n) is 23.1. The van der Waals surface area contributed by atoms with Gasteiger partial charge in [0, 0.05) is 38.4 Å². The summed E-state index contributed by atoms with van der Waals surface area (Å²) in [5.41, 5.74) is 11.8. The second-order valence-electron chi connectivity index (χ2n) is 17.6. The summed E-state index contributed by atoms with van der Waals surface area (Å²) in [7, 11) is 0. The van der Waals surface area contributed by atoms with Crippen LogP contribution in [0.5, 0.6) is 0 Å². The van der Waals surface area contributed by atoms with E-state index in [1.54, 1.807) is 0 Å². The zero-order valence-electron chi connectivity index (χ0n) is 36.8. The highest BCUT2D eigenvalue weighted by Crippen LogP contribution is 2.43. The molecule has 0 bridgehead atoms. The van der Waals surface area contributed by atoms with Crippen LogP contribution in [0.4, 0.5) is 0 Å². The van der Waals surface area contributed by atoms with E-state index in [4.69, 9.17) is 15.0 Å². The lowest BCUT2D eigenvalue weighted by Gasteiger charge is -2.15. The van der Waals surface area contributed by atoms with E-state index in [1.807, 2.05) is 24.3 Å². The summed E-state index contributed by atoms with van der Waals surface area (Å²) in [6.07, 6.45) is 0. The second-order valence-corrected chi connectivity index (χ2v) is 17.6. The van der Waals surface area contributed by atoms with Gasteiger partial charge < -0.3 is 4.57 Å². The highest BCUT2D eigenvalue weighted by Gasteiger charge is 2.24. The van der Waals surface area contributed by atoms with Gasteiger partial charge in [0.15, 0.2) is 11.6 Å². The zero-order valence-corrected chi connectivity index (χ0v) is 36.8. The predicted octanol–water partition coefficient (Wildman–Crippen LogP) is 16.2. The van der Waals surface area contributed by atoms with Crippen LogP contribution in [0, 0.1) is 0 Å². The second kappa shape index (κ2) is 15.2. The molecule has 0 saturated carbocycles. The molecule has 3 heterocycles. The van der Waals surface area contributed by atoms with Crippen LogP contribution in [0.25, 0.3) is 133 Å². The highest BCUT2D eigenvalue weighted by atomic mass is 15.2. The molecule has 5 heteroatoms. The number of aromatic nitrogens is 5. The maximum atomic E-state index is 5.39. The molecule has 0 aliphatic carbocycles. The van der Waals surface area contributed by atoms with E-state index in [2.05, 4.69) is 221 Å². The molecular formula is C63H39N5. The molecule has 0 N–H and O–H groups in total. The van der Waals surface area contributed by atoms with Crippen molar-refractivity contribution >= 4 is 75.9 Å². The Balaban J connectivity index is 1.02. The van der Waals surface area contributed by atoms with Crippen LogP contribution in [0.15, 0.2) is 237 Å². The first-order valence-corrected chi connectivity index (χ1v) is 23.1. The van der Waals surface area contributed by atoms with Crippen LogP contribution >= 0.6 is 0 Å². The Hall–Kier alpha value is -9.19. The molecule has 0 atom stereocenters. The first-order chi connectivity index (χ1) is 33.7. The fourth-order valence-electron chi connectivity index (χ4n) is 10.6. The molecule has 3 aromatic heterocycles. The Morgan fingerprint density at radius 1 is 0.235 bits per heavy atom. The van der Waals surface area contributed by atoms with Crippen LogP contribution in [0.2, 0.25) is 0 Å². The largest absolute Gasteiger partial charge is 0.307 e. The monoisotopic (exact) mass is 865 g/mol. The molecular weight excluding hydrogens is 827 g/mol. The molecule has 0 unspecified atom stereocenters. The van der Waals surface area contributed by atoms with E-state index < -0.39 is 0 Å². The maximum absolute atomic E-state index is 5.39. The minimum atomic E-state index is 0.557. The zero-order chi connectivity index (χ0) is 44.7. The number of para-hydroxylation sites is 2. The summed E-state index contributed by atoms with van der Waals surface area (Å²) >= 11 is 0. The molecule has 0 spiro atoms. The van der Waals surface area contributed by atoms with Crippen molar-refractivity contribution < 1.29 is 0 Å². The average molecular weight is 866 g/mol. The molecule has 0 fully saturated rings. The van der Waals surface area contributed by atoms with Crippen molar-refractivity contribution in [1.29, 1.82) is 0 Å². The lowest BCUT2D eigenvalue weighted by atomic mass is 9.92. The van der Waals surface area contributed by atoms with Crippen LogP contribution in [-0.2, 0) is 0 Å². The number of hydrogen-bond acceptors (Lipinski definition) is 3. The molecule has 0 saturated heterocycles.